The molecule has 1 N–H and O–H groups in total. The van der Waals surface area contributed by atoms with Gasteiger partial charge in [0, 0.05) is 15.9 Å². The van der Waals surface area contributed by atoms with E-state index in [2.05, 4.69) is 21.2 Å². The Morgan fingerprint density at radius 1 is 1.38 bits per heavy atom. The highest BCUT2D eigenvalue weighted by Crippen LogP contribution is 2.25. The average molecular weight is 240 g/mol. The van der Waals surface area contributed by atoms with Crippen molar-refractivity contribution in [3.8, 4) is 0 Å². The number of halogens is 1. The van der Waals surface area contributed by atoms with E-state index in [1.54, 1.807) is 6.07 Å². The molecule has 0 aliphatic carbocycles. The Balaban J connectivity index is 2.55. The van der Waals surface area contributed by atoms with Gasteiger partial charge in [0.1, 0.15) is 5.58 Å². The van der Waals surface area contributed by atoms with Crippen molar-refractivity contribution in [2.75, 3.05) is 5.32 Å². The number of hydrogen-bond acceptors (Lipinski definition) is 2. The monoisotopic (exact) mass is 239 g/mol. The largest absolute Gasteiger partial charge is 0.440 e. The first-order chi connectivity index (χ1) is 6.29. The summed E-state index contributed by atoms with van der Waals surface area (Å²) in [6.07, 6.45) is 0.590. The third kappa shape index (κ3) is 1.58. The van der Waals surface area contributed by atoms with Gasteiger partial charge in [-0.15, -0.1) is 0 Å². The van der Waals surface area contributed by atoms with Crippen LogP contribution in [0.5, 0.6) is 0 Å². The van der Waals surface area contributed by atoms with Gasteiger partial charge in [-0.2, -0.15) is 0 Å². The number of fused-ring (bicyclic) bond motifs is 1. The predicted molar refractivity (Wildman–Crippen MR) is 53.6 cm³/mol. The molecular weight excluding hydrogens is 234 g/mol. The number of furan rings is 1. The second-order valence-electron chi connectivity index (χ2n) is 2.55. The molecule has 1 aromatic carbocycles. The minimum Gasteiger partial charge on any atom is -0.440 e. The van der Waals surface area contributed by atoms with E-state index in [4.69, 9.17) is 4.42 Å². The van der Waals surface area contributed by atoms with Crippen molar-refractivity contribution in [2.45, 2.75) is 0 Å². The number of amides is 1. The van der Waals surface area contributed by atoms with Gasteiger partial charge in [-0.05, 0) is 18.2 Å². The van der Waals surface area contributed by atoms with E-state index in [0.29, 0.717) is 12.3 Å². The molecule has 0 bridgehead atoms. The fourth-order valence-electron chi connectivity index (χ4n) is 1.14. The van der Waals surface area contributed by atoms with Gasteiger partial charge in [0.25, 0.3) is 0 Å². The lowest BCUT2D eigenvalue weighted by Gasteiger charge is -1.88. The minimum atomic E-state index is 0.461. The lowest BCUT2D eigenvalue weighted by atomic mass is 10.3. The molecule has 13 heavy (non-hydrogen) atoms. The summed E-state index contributed by atoms with van der Waals surface area (Å²) < 4.78 is 6.28. The van der Waals surface area contributed by atoms with Crippen LogP contribution in [-0.2, 0) is 4.79 Å². The molecule has 0 aliphatic heterocycles. The second kappa shape index (κ2) is 3.22. The molecule has 0 spiro atoms. The highest BCUT2D eigenvalue weighted by atomic mass is 79.9. The quantitative estimate of drug-likeness (QED) is 0.820. The van der Waals surface area contributed by atoms with E-state index in [-0.39, 0.29) is 0 Å². The maximum Gasteiger partial charge on any atom is 0.213 e. The summed E-state index contributed by atoms with van der Waals surface area (Å²) in [7, 11) is 0. The van der Waals surface area contributed by atoms with E-state index >= 15 is 0 Å². The number of anilines is 1. The Morgan fingerprint density at radius 2 is 2.23 bits per heavy atom. The standard InChI is InChI=1S/C9H6BrNO2/c10-7-1-2-8-6(3-7)4-9(13-8)11-5-12/h1-5H,(H,11,12). The zero-order chi connectivity index (χ0) is 9.26. The van der Waals surface area contributed by atoms with Crippen molar-refractivity contribution in [3.05, 3.63) is 28.7 Å². The van der Waals surface area contributed by atoms with Crippen molar-refractivity contribution in [2.24, 2.45) is 0 Å². The summed E-state index contributed by atoms with van der Waals surface area (Å²) in [5, 5.41) is 3.41. The number of rotatable bonds is 2. The Kier molecular flexibility index (Phi) is 2.06. The summed E-state index contributed by atoms with van der Waals surface area (Å²) in [6, 6.07) is 7.43. The van der Waals surface area contributed by atoms with Crippen LogP contribution in [0.15, 0.2) is 33.2 Å². The summed E-state index contributed by atoms with van der Waals surface area (Å²) in [5.74, 6) is 0.461. The fourth-order valence-corrected chi connectivity index (χ4v) is 1.52. The summed E-state index contributed by atoms with van der Waals surface area (Å²) in [4.78, 5) is 10.1. The summed E-state index contributed by atoms with van der Waals surface area (Å²) in [5.41, 5.74) is 0.757. The van der Waals surface area contributed by atoms with Crippen molar-refractivity contribution >= 4 is 39.2 Å². The predicted octanol–water partition coefficient (Wildman–Crippen LogP) is 2.76. The molecule has 4 heteroatoms. The summed E-state index contributed by atoms with van der Waals surface area (Å²) in [6.45, 7) is 0. The van der Waals surface area contributed by atoms with E-state index < -0.39 is 0 Å². The molecule has 66 valence electrons. The lowest BCUT2D eigenvalue weighted by Crippen LogP contribution is -1.89. The first-order valence-corrected chi connectivity index (χ1v) is 4.48. The molecule has 0 unspecified atom stereocenters. The number of hydrogen-bond donors (Lipinski definition) is 1. The molecule has 0 saturated heterocycles. The molecule has 3 nitrogen and oxygen atoms in total. The number of carbonyl (C=O) groups excluding carboxylic acids is 1. The Morgan fingerprint density at radius 3 is 3.00 bits per heavy atom. The zero-order valence-corrected chi connectivity index (χ0v) is 8.17. The average Bonchev–Trinajstić information content (AvgIpc) is 2.46. The van der Waals surface area contributed by atoms with Gasteiger partial charge in [-0.3, -0.25) is 10.1 Å². The van der Waals surface area contributed by atoms with Gasteiger partial charge in [0.2, 0.25) is 12.3 Å². The van der Waals surface area contributed by atoms with Crippen molar-refractivity contribution < 1.29 is 9.21 Å². The van der Waals surface area contributed by atoms with Crippen LogP contribution in [0.2, 0.25) is 0 Å². The maximum absolute atomic E-state index is 10.1. The Hall–Kier alpha value is -1.29. The SMILES string of the molecule is O=CNc1cc2cc(Br)ccc2o1. The van der Waals surface area contributed by atoms with E-state index in [9.17, 15) is 4.79 Å². The Bertz CT molecular complexity index is 450. The first-order valence-electron chi connectivity index (χ1n) is 3.69. The van der Waals surface area contributed by atoms with Crippen LogP contribution in [0.25, 0.3) is 11.0 Å². The van der Waals surface area contributed by atoms with Gasteiger partial charge >= 0.3 is 0 Å². The van der Waals surface area contributed by atoms with Gasteiger partial charge in [-0.1, -0.05) is 15.9 Å². The van der Waals surface area contributed by atoms with Crippen LogP contribution < -0.4 is 5.32 Å². The van der Waals surface area contributed by atoms with E-state index in [0.717, 1.165) is 15.4 Å². The van der Waals surface area contributed by atoms with Gasteiger partial charge in [-0.25, -0.2) is 0 Å². The van der Waals surface area contributed by atoms with Crippen LogP contribution in [0.1, 0.15) is 0 Å². The number of benzene rings is 1. The Labute approximate surface area is 82.9 Å². The van der Waals surface area contributed by atoms with Crippen molar-refractivity contribution in [3.63, 3.8) is 0 Å². The van der Waals surface area contributed by atoms with Crippen molar-refractivity contribution in [1.29, 1.82) is 0 Å². The fraction of sp³-hybridized carbons (Fsp3) is 0. The van der Waals surface area contributed by atoms with Crippen molar-refractivity contribution in [1.82, 2.24) is 0 Å². The summed E-state index contributed by atoms with van der Waals surface area (Å²) >= 11 is 3.35. The smallest absolute Gasteiger partial charge is 0.213 e. The lowest BCUT2D eigenvalue weighted by molar-refractivity contribution is -0.105. The molecule has 0 fully saturated rings. The van der Waals surface area contributed by atoms with Gasteiger partial charge in [0.05, 0.1) is 0 Å². The molecule has 1 amide bonds. The van der Waals surface area contributed by atoms with Crippen LogP contribution in [0.4, 0.5) is 5.88 Å². The van der Waals surface area contributed by atoms with Gasteiger partial charge in [0.15, 0.2) is 0 Å². The molecule has 0 saturated carbocycles. The van der Waals surface area contributed by atoms with E-state index in [1.165, 1.54) is 0 Å². The molecular formula is C9H6BrNO2. The molecule has 2 aromatic rings. The number of nitrogens with one attached hydrogen (secondary N) is 1. The van der Waals surface area contributed by atoms with Gasteiger partial charge < -0.3 is 4.42 Å². The maximum atomic E-state index is 10.1. The molecule has 0 atom stereocenters. The normalized spacial score (nSPS) is 10.2. The minimum absolute atomic E-state index is 0.461. The second-order valence-corrected chi connectivity index (χ2v) is 3.47. The highest BCUT2D eigenvalue weighted by molar-refractivity contribution is 9.10. The topological polar surface area (TPSA) is 42.2 Å². The van der Waals surface area contributed by atoms with Crippen LogP contribution in [-0.4, -0.2) is 6.41 Å². The molecule has 2 rings (SSSR count). The highest BCUT2D eigenvalue weighted by Gasteiger charge is 2.02. The molecule has 1 aromatic heterocycles. The first kappa shape index (κ1) is 8.31. The third-order valence-corrected chi connectivity index (χ3v) is 2.17. The number of carbonyl (C=O) groups is 1. The third-order valence-electron chi connectivity index (χ3n) is 1.68. The molecule has 0 radical (unpaired) electrons. The zero-order valence-electron chi connectivity index (χ0n) is 6.58. The van der Waals surface area contributed by atoms with Crippen LogP contribution in [0.3, 0.4) is 0 Å². The van der Waals surface area contributed by atoms with Crippen LogP contribution >= 0.6 is 15.9 Å². The van der Waals surface area contributed by atoms with E-state index in [1.807, 2.05) is 18.2 Å². The molecule has 0 aliphatic rings. The van der Waals surface area contributed by atoms with Crippen LogP contribution in [0, 0.1) is 0 Å². The molecule has 1 heterocycles.